The molecule has 1 saturated heterocycles. The van der Waals surface area contributed by atoms with Crippen molar-refractivity contribution < 1.29 is 18.7 Å². The van der Waals surface area contributed by atoms with Crippen LogP contribution in [0.15, 0.2) is 18.2 Å². The van der Waals surface area contributed by atoms with Crippen molar-refractivity contribution in [2.24, 2.45) is 0 Å². The van der Waals surface area contributed by atoms with Crippen LogP contribution in [0, 0.1) is 17.1 Å². The van der Waals surface area contributed by atoms with Gasteiger partial charge in [-0.2, -0.15) is 5.26 Å². The van der Waals surface area contributed by atoms with Gasteiger partial charge >= 0.3 is 5.97 Å². The molecule has 1 aliphatic heterocycles. The molecular formula is C17H21FN4O3. The molecule has 0 saturated carbocycles. The lowest BCUT2D eigenvalue weighted by molar-refractivity contribution is -0.141. The van der Waals surface area contributed by atoms with Crippen molar-refractivity contribution in [3.8, 4) is 6.07 Å². The molecule has 1 fully saturated rings. The number of esters is 1. The third-order valence-electron chi connectivity index (χ3n) is 4.32. The maximum absolute atomic E-state index is 13.7. The number of halogens is 1. The SMILES string of the molecule is COC(=O)CNC(=O)C(C)N1CCN(c2cccc(F)c2C#N)CC1. The fourth-order valence-electron chi connectivity index (χ4n) is 2.78. The van der Waals surface area contributed by atoms with Gasteiger partial charge in [-0.3, -0.25) is 14.5 Å². The Labute approximate surface area is 146 Å². The number of nitrogens with one attached hydrogen (secondary N) is 1. The van der Waals surface area contributed by atoms with Gasteiger partial charge in [0.1, 0.15) is 24.0 Å². The molecule has 1 aromatic rings. The zero-order chi connectivity index (χ0) is 18.4. The summed E-state index contributed by atoms with van der Waals surface area (Å²) in [4.78, 5) is 27.1. The number of amides is 1. The number of rotatable bonds is 5. The molecule has 7 nitrogen and oxygen atoms in total. The fourth-order valence-corrected chi connectivity index (χ4v) is 2.78. The monoisotopic (exact) mass is 348 g/mol. The predicted molar refractivity (Wildman–Crippen MR) is 89.4 cm³/mol. The summed E-state index contributed by atoms with van der Waals surface area (Å²) in [6.07, 6.45) is 0. The number of carbonyl (C=O) groups excluding carboxylic acids is 2. The van der Waals surface area contributed by atoms with Gasteiger partial charge in [0.25, 0.3) is 0 Å². The van der Waals surface area contributed by atoms with Gasteiger partial charge in [0.15, 0.2) is 0 Å². The van der Waals surface area contributed by atoms with Crippen LogP contribution in [0.3, 0.4) is 0 Å². The van der Waals surface area contributed by atoms with Crippen molar-refractivity contribution in [3.63, 3.8) is 0 Å². The molecule has 0 aromatic heterocycles. The average molecular weight is 348 g/mol. The average Bonchev–Trinajstić information content (AvgIpc) is 2.65. The molecule has 1 aromatic carbocycles. The maximum atomic E-state index is 13.7. The third-order valence-corrected chi connectivity index (χ3v) is 4.32. The van der Waals surface area contributed by atoms with Gasteiger partial charge in [-0.1, -0.05) is 6.07 Å². The first-order chi connectivity index (χ1) is 12.0. The summed E-state index contributed by atoms with van der Waals surface area (Å²) in [5.74, 6) is -1.28. The Hall–Kier alpha value is -2.66. The molecule has 8 heteroatoms. The number of carbonyl (C=O) groups is 2. The summed E-state index contributed by atoms with van der Waals surface area (Å²) >= 11 is 0. The fraction of sp³-hybridized carbons (Fsp3) is 0.471. The lowest BCUT2D eigenvalue weighted by atomic mass is 10.1. The second-order valence-corrected chi connectivity index (χ2v) is 5.74. The number of benzene rings is 1. The standard InChI is InChI=1S/C17H21FN4O3/c1-12(17(24)20-11-16(23)25-2)21-6-8-22(9-7-21)15-5-3-4-14(18)13(15)10-19/h3-5,12H,6-9,11H2,1-2H3,(H,20,24). The van der Waals surface area contributed by atoms with E-state index in [1.54, 1.807) is 19.1 Å². The van der Waals surface area contributed by atoms with E-state index in [0.29, 0.717) is 31.9 Å². The lowest BCUT2D eigenvalue weighted by Gasteiger charge is -2.38. The summed E-state index contributed by atoms with van der Waals surface area (Å²) in [6.45, 7) is 3.95. The zero-order valence-electron chi connectivity index (χ0n) is 14.3. The van der Waals surface area contributed by atoms with E-state index in [1.807, 2.05) is 15.9 Å². The molecule has 134 valence electrons. The molecule has 1 aliphatic rings. The minimum Gasteiger partial charge on any atom is -0.468 e. The summed E-state index contributed by atoms with van der Waals surface area (Å²) in [7, 11) is 1.26. The van der Waals surface area contributed by atoms with E-state index in [1.165, 1.54) is 13.2 Å². The van der Waals surface area contributed by atoms with Crippen molar-refractivity contribution in [2.45, 2.75) is 13.0 Å². The van der Waals surface area contributed by atoms with Crippen LogP contribution in [0.25, 0.3) is 0 Å². The highest BCUT2D eigenvalue weighted by molar-refractivity contribution is 5.85. The smallest absolute Gasteiger partial charge is 0.325 e. The van der Waals surface area contributed by atoms with Crippen molar-refractivity contribution in [1.29, 1.82) is 5.26 Å². The van der Waals surface area contributed by atoms with Gasteiger partial charge in [0.2, 0.25) is 5.91 Å². The number of piperazine rings is 1. The molecule has 0 radical (unpaired) electrons. The first-order valence-electron chi connectivity index (χ1n) is 8.00. The van der Waals surface area contributed by atoms with E-state index < -0.39 is 17.8 Å². The van der Waals surface area contributed by atoms with Gasteiger partial charge in [-0.15, -0.1) is 0 Å². The summed E-state index contributed by atoms with van der Waals surface area (Å²) in [5.41, 5.74) is 0.616. The minimum atomic E-state index is -0.530. The highest BCUT2D eigenvalue weighted by Crippen LogP contribution is 2.24. The quantitative estimate of drug-likeness (QED) is 0.780. The molecule has 0 spiro atoms. The van der Waals surface area contributed by atoms with E-state index in [0.717, 1.165) is 0 Å². The van der Waals surface area contributed by atoms with Crippen molar-refractivity contribution >= 4 is 17.6 Å². The van der Waals surface area contributed by atoms with Gasteiger partial charge in [-0.25, -0.2) is 4.39 Å². The van der Waals surface area contributed by atoms with Crippen LogP contribution in [-0.2, 0) is 14.3 Å². The van der Waals surface area contributed by atoms with Crippen LogP contribution < -0.4 is 10.2 Å². The van der Waals surface area contributed by atoms with Crippen LogP contribution in [0.1, 0.15) is 12.5 Å². The minimum absolute atomic E-state index is 0.0415. The number of ether oxygens (including phenoxy) is 1. The van der Waals surface area contributed by atoms with Crippen LogP contribution in [0.4, 0.5) is 10.1 Å². The van der Waals surface area contributed by atoms with Crippen LogP contribution >= 0.6 is 0 Å². The number of anilines is 1. The van der Waals surface area contributed by atoms with Gasteiger partial charge < -0.3 is 15.0 Å². The summed E-state index contributed by atoms with van der Waals surface area (Å²) in [5, 5.41) is 11.7. The Morgan fingerprint density at radius 2 is 2.04 bits per heavy atom. The zero-order valence-corrected chi connectivity index (χ0v) is 14.3. The lowest BCUT2D eigenvalue weighted by Crippen LogP contribution is -2.54. The summed E-state index contributed by atoms with van der Waals surface area (Å²) < 4.78 is 18.2. The van der Waals surface area contributed by atoms with Crippen molar-refractivity contribution in [2.75, 3.05) is 44.7 Å². The number of nitriles is 1. The number of nitrogens with zero attached hydrogens (tertiary/aromatic N) is 3. The van der Waals surface area contributed by atoms with E-state index in [4.69, 9.17) is 5.26 Å². The Morgan fingerprint density at radius 3 is 2.64 bits per heavy atom. The first kappa shape index (κ1) is 18.7. The number of hydrogen-bond acceptors (Lipinski definition) is 6. The molecule has 0 bridgehead atoms. The molecule has 1 N–H and O–H groups in total. The molecule has 2 rings (SSSR count). The number of methoxy groups -OCH3 is 1. The van der Waals surface area contributed by atoms with Crippen molar-refractivity contribution in [1.82, 2.24) is 10.2 Å². The normalized spacial score (nSPS) is 16.0. The van der Waals surface area contributed by atoms with Gasteiger partial charge in [-0.05, 0) is 19.1 Å². The summed E-state index contributed by atoms with van der Waals surface area (Å²) in [6, 6.07) is 6.09. The molecule has 1 heterocycles. The highest BCUT2D eigenvalue weighted by atomic mass is 19.1. The Balaban J connectivity index is 1.93. The van der Waals surface area contributed by atoms with Gasteiger partial charge in [0, 0.05) is 26.2 Å². The second kappa shape index (κ2) is 8.44. The molecule has 1 atom stereocenters. The van der Waals surface area contributed by atoms with Crippen LogP contribution in [0.2, 0.25) is 0 Å². The largest absolute Gasteiger partial charge is 0.468 e. The Morgan fingerprint density at radius 1 is 1.36 bits per heavy atom. The maximum Gasteiger partial charge on any atom is 0.325 e. The molecule has 1 amide bonds. The second-order valence-electron chi connectivity index (χ2n) is 5.74. The Kier molecular flexibility index (Phi) is 6.31. The van der Waals surface area contributed by atoms with Crippen LogP contribution in [0.5, 0.6) is 0 Å². The molecule has 1 unspecified atom stereocenters. The van der Waals surface area contributed by atoms with E-state index >= 15 is 0 Å². The van der Waals surface area contributed by atoms with E-state index in [-0.39, 0.29) is 18.0 Å². The van der Waals surface area contributed by atoms with E-state index in [2.05, 4.69) is 10.1 Å². The Bertz CT molecular complexity index is 681. The molecule has 25 heavy (non-hydrogen) atoms. The third kappa shape index (κ3) is 4.45. The highest BCUT2D eigenvalue weighted by Gasteiger charge is 2.27. The van der Waals surface area contributed by atoms with E-state index in [9.17, 15) is 14.0 Å². The topological polar surface area (TPSA) is 85.7 Å². The van der Waals surface area contributed by atoms with Crippen molar-refractivity contribution in [3.05, 3.63) is 29.6 Å². The molecule has 0 aliphatic carbocycles. The van der Waals surface area contributed by atoms with Gasteiger partial charge in [0.05, 0.1) is 18.8 Å². The predicted octanol–water partition coefficient (Wildman–Crippen LogP) is 0.497. The first-order valence-corrected chi connectivity index (χ1v) is 8.00. The number of hydrogen-bond donors (Lipinski definition) is 1. The molecular weight excluding hydrogens is 327 g/mol. The van der Waals surface area contributed by atoms with Crippen LogP contribution in [-0.4, -0.2) is 62.7 Å².